The summed E-state index contributed by atoms with van der Waals surface area (Å²) in [6.07, 6.45) is 3.36. The van der Waals surface area contributed by atoms with Crippen LogP contribution in [0.15, 0.2) is 46.3 Å². The predicted octanol–water partition coefficient (Wildman–Crippen LogP) is 4.66. The lowest BCUT2D eigenvalue weighted by Crippen LogP contribution is -2.33. The van der Waals surface area contributed by atoms with E-state index in [9.17, 15) is 0 Å². The summed E-state index contributed by atoms with van der Waals surface area (Å²) in [5.41, 5.74) is 1.38. The van der Waals surface area contributed by atoms with E-state index in [1.807, 2.05) is 11.3 Å². The Bertz CT molecular complexity index is 481. The largest absolute Gasteiger partial charge is 0.313 e. The Morgan fingerprint density at radius 3 is 2.68 bits per heavy atom. The molecule has 2 aromatic rings. The Morgan fingerprint density at radius 2 is 2.00 bits per heavy atom. The molecular formula is C16H20BrNS. The summed E-state index contributed by atoms with van der Waals surface area (Å²) in [7, 11) is 0. The lowest BCUT2D eigenvalue weighted by Gasteiger charge is -2.18. The minimum atomic E-state index is 0.511. The molecule has 0 radical (unpaired) electrons. The highest BCUT2D eigenvalue weighted by Crippen LogP contribution is 2.20. The molecule has 1 heterocycles. The Labute approximate surface area is 128 Å². The SMILES string of the molecule is CCCNC(Cc1cccs1)Cc1ccccc1Br. The quantitative estimate of drug-likeness (QED) is 0.774. The maximum Gasteiger partial charge on any atom is 0.0207 e. The fourth-order valence-electron chi connectivity index (χ4n) is 2.17. The van der Waals surface area contributed by atoms with Gasteiger partial charge in [-0.1, -0.05) is 47.1 Å². The van der Waals surface area contributed by atoms with Crippen LogP contribution in [0.4, 0.5) is 0 Å². The van der Waals surface area contributed by atoms with Gasteiger partial charge in [0.1, 0.15) is 0 Å². The molecule has 102 valence electrons. The van der Waals surface area contributed by atoms with Crippen molar-refractivity contribution in [3.63, 3.8) is 0 Å². The highest BCUT2D eigenvalue weighted by atomic mass is 79.9. The lowest BCUT2D eigenvalue weighted by molar-refractivity contribution is 0.507. The molecule has 0 aliphatic carbocycles. The fourth-order valence-corrected chi connectivity index (χ4v) is 3.40. The van der Waals surface area contributed by atoms with Gasteiger partial charge in [-0.2, -0.15) is 0 Å². The van der Waals surface area contributed by atoms with Crippen molar-refractivity contribution in [2.75, 3.05) is 6.54 Å². The van der Waals surface area contributed by atoms with Crippen LogP contribution in [0.3, 0.4) is 0 Å². The zero-order chi connectivity index (χ0) is 13.5. The molecule has 0 bridgehead atoms. The van der Waals surface area contributed by atoms with Gasteiger partial charge in [0.25, 0.3) is 0 Å². The van der Waals surface area contributed by atoms with Gasteiger partial charge in [0.05, 0.1) is 0 Å². The molecular weight excluding hydrogens is 318 g/mol. The Hall–Kier alpha value is -0.640. The molecule has 1 nitrogen and oxygen atoms in total. The number of benzene rings is 1. The molecule has 0 fully saturated rings. The van der Waals surface area contributed by atoms with E-state index < -0.39 is 0 Å². The third-order valence-corrected chi connectivity index (χ3v) is 4.81. The van der Waals surface area contributed by atoms with Gasteiger partial charge >= 0.3 is 0 Å². The first kappa shape index (κ1) is 14.8. The van der Waals surface area contributed by atoms with Crippen molar-refractivity contribution in [2.24, 2.45) is 0 Å². The number of halogens is 1. The normalized spacial score (nSPS) is 12.5. The van der Waals surface area contributed by atoms with Gasteiger partial charge in [-0.05, 0) is 48.9 Å². The van der Waals surface area contributed by atoms with Crippen molar-refractivity contribution < 1.29 is 0 Å². The summed E-state index contributed by atoms with van der Waals surface area (Å²) >= 11 is 5.49. The highest BCUT2D eigenvalue weighted by Gasteiger charge is 2.12. The van der Waals surface area contributed by atoms with Gasteiger partial charge in [-0.25, -0.2) is 0 Å². The van der Waals surface area contributed by atoms with Gasteiger partial charge in [-0.3, -0.25) is 0 Å². The van der Waals surface area contributed by atoms with Crippen LogP contribution >= 0.6 is 27.3 Å². The molecule has 1 aromatic heterocycles. The third-order valence-electron chi connectivity index (χ3n) is 3.13. The smallest absolute Gasteiger partial charge is 0.0207 e. The molecule has 0 aliphatic rings. The first-order chi connectivity index (χ1) is 9.29. The van der Waals surface area contributed by atoms with E-state index in [1.54, 1.807) is 0 Å². The molecule has 0 saturated heterocycles. The van der Waals surface area contributed by atoms with Gasteiger partial charge in [0.2, 0.25) is 0 Å². The minimum Gasteiger partial charge on any atom is -0.313 e. The van der Waals surface area contributed by atoms with E-state index in [0.29, 0.717) is 6.04 Å². The van der Waals surface area contributed by atoms with Crippen molar-refractivity contribution >= 4 is 27.3 Å². The van der Waals surface area contributed by atoms with Gasteiger partial charge < -0.3 is 5.32 Å². The minimum absolute atomic E-state index is 0.511. The van der Waals surface area contributed by atoms with E-state index in [1.165, 1.54) is 21.3 Å². The highest BCUT2D eigenvalue weighted by molar-refractivity contribution is 9.10. The Morgan fingerprint density at radius 1 is 1.16 bits per heavy atom. The summed E-state index contributed by atoms with van der Waals surface area (Å²) < 4.78 is 1.21. The van der Waals surface area contributed by atoms with Gasteiger partial charge in [-0.15, -0.1) is 11.3 Å². The summed E-state index contributed by atoms with van der Waals surface area (Å²) in [6, 6.07) is 13.4. The van der Waals surface area contributed by atoms with E-state index in [2.05, 4.69) is 69.9 Å². The monoisotopic (exact) mass is 337 g/mol. The third kappa shape index (κ3) is 4.75. The number of thiophene rings is 1. The van der Waals surface area contributed by atoms with E-state index in [4.69, 9.17) is 0 Å². The summed E-state index contributed by atoms with van der Waals surface area (Å²) in [6.45, 7) is 3.30. The predicted molar refractivity (Wildman–Crippen MR) is 88.0 cm³/mol. The first-order valence-electron chi connectivity index (χ1n) is 6.78. The molecule has 19 heavy (non-hydrogen) atoms. The van der Waals surface area contributed by atoms with Crippen LogP contribution in [0, 0.1) is 0 Å². The molecule has 0 amide bonds. The standard InChI is InChI=1S/C16H20BrNS/c1-2-9-18-14(12-15-7-5-10-19-15)11-13-6-3-4-8-16(13)17/h3-8,10,14,18H,2,9,11-12H2,1H3. The van der Waals surface area contributed by atoms with Gasteiger partial charge in [0, 0.05) is 15.4 Å². The maximum atomic E-state index is 3.67. The molecule has 1 atom stereocenters. The van der Waals surface area contributed by atoms with Crippen LogP contribution in [0.1, 0.15) is 23.8 Å². The van der Waals surface area contributed by atoms with Crippen LogP contribution in [0.5, 0.6) is 0 Å². The first-order valence-corrected chi connectivity index (χ1v) is 8.46. The molecule has 3 heteroatoms. The van der Waals surface area contributed by atoms with Crippen molar-refractivity contribution in [1.82, 2.24) is 5.32 Å². The van der Waals surface area contributed by atoms with Crippen LogP contribution < -0.4 is 5.32 Å². The Balaban J connectivity index is 2.03. The maximum absolute atomic E-state index is 3.67. The second-order valence-corrected chi connectivity index (χ2v) is 6.62. The van der Waals surface area contributed by atoms with Crippen molar-refractivity contribution in [2.45, 2.75) is 32.2 Å². The van der Waals surface area contributed by atoms with Crippen molar-refractivity contribution in [3.05, 3.63) is 56.7 Å². The summed E-state index contributed by atoms with van der Waals surface area (Å²) in [5, 5.41) is 5.83. The molecule has 2 rings (SSSR count). The topological polar surface area (TPSA) is 12.0 Å². The average molecular weight is 338 g/mol. The second-order valence-electron chi connectivity index (χ2n) is 4.73. The number of hydrogen-bond acceptors (Lipinski definition) is 2. The fraction of sp³-hybridized carbons (Fsp3) is 0.375. The zero-order valence-electron chi connectivity index (χ0n) is 11.2. The summed E-state index contributed by atoms with van der Waals surface area (Å²) in [5.74, 6) is 0. The van der Waals surface area contributed by atoms with Crippen molar-refractivity contribution in [1.29, 1.82) is 0 Å². The number of hydrogen-bond donors (Lipinski definition) is 1. The Kier molecular flexibility index (Phi) is 6.08. The average Bonchev–Trinajstić information content (AvgIpc) is 2.91. The van der Waals surface area contributed by atoms with Crippen LogP contribution in [-0.4, -0.2) is 12.6 Å². The van der Waals surface area contributed by atoms with E-state index >= 15 is 0 Å². The van der Waals surface area contributed by atoms with E-state index in [-0.39, 0.29) is 0 Å². The number of rotatable bonds is 7. The van der Waals surface area contributed by atoms with Crippen molar-refractivity contribution in [3.8, 4) is 0 Å². The number of nitrogens with one attached hydrogen (secondary N) is 1. The molecule has 0 saturated carbocycles. The van der Waals surface area contributed by atoms with Crippen LogP contribution in [-0.2, 0) is 12.8 Å². The summed E-state index contributed by atoms with van der Waals surface area (Å²) in [4.78, 5) is 1.46. The van der Waals surface area contributed by atoms with Gasteiger partial charge in [0.15, 0.2) is 0 Å². The molecule has 1 N–H and O–H groups in total. The second kappa shape index (κ2) is 7.83. The molecule has 1 aromatic carbocycles. The van der Waals surface area contributed by atoms with Crippen LogP contribution in [0.25, 0.3) is 0 Å². The lowest BCUT2D eigenvalue weighted by atomic mass is 10.0. The van der Waals surface area contributed by atoms with E-state index in [0.717, 1.165) is 19.4 Å². The molecule has 0 aliphatic heterocycles. The molecule has 0 spiro atoms. The van der Waals surface area contributed by atoms with Crippen LogP contribution in [0.2, 0.25) is 0 Å². The molecule has 1 unspecified atom stereocenters. The zero-order valence-corrected chi connectivity index (χ0v) is 13.6.